The molecule has 0 spiro atoms. The summed E-state index contributed by atoms with van der Waals surface area (Å²) in [5.41, 5.74) is 0. The topological polar surface area (TPSA) is 27.7 Å². The molecule has 3 nitrogen and oxygen atoms in total. The van der Waals surface area contributed by atoms with E-state index in [0.717, 1.165) is 0 Å². The zero-order valence-electron chi connectivity index (χ0n) is 7.33. The predicted molar refractivity (Wildman–Crippen MR) is 49.9 cm³/mol. The molecule has 0 radical (unpaired) electrons. The first-order valence-corrected chi connectivity index (χ1v) is 4.16. The van der Waals surface area contributed by atoms with Gasteiger partial charge in [-0.15, -0.1) is 0 Å². The fraction of sp³-hybridized carbons (Fsp3) is 0.333. The Morgan fingerprint density at radius 2 is 2.00 bits per heavy atom. The second kappa shape index (κ2) is 5.80. The normalized spacial score (nSPS) is 10.0. The number of para-hydroxylation sites is 1. The highest BCUT2D eigenvalue weighted by atomic mass is 35.5. The van der Waals surface area contributed by atoms with E-state index >= 15 is 0 Å². The minimum absolute atomic E-state index is 0.136. The van der Waals surface area contributed by atoms with Crippen LogP contribution in [0.2, 0.25) is 5.02 Å². The van der Waals surface area contributed by atoms with Crippen LogP contribution in [0.1, 0.15) is 0 Å². The van der Waals surface area contributed by atoms with Crippen molar-refractivity contribution in [3.8, 4) is 5.75 Å². The van der Waals surface area contributed by atoms with Crippen LogP contribution in [0.25, 0.3) is 0 Å². The van der Waals surface area contributed by atoms with Gasteiger partial charge in [0.05, 0.1) is 5.02 Å². The van der Waals surface area contributed by atoms with Crippen molar-refractivity contribution in [2.45, 2.75) is 0 Å². The lowest BCUT2D eigenvalue weighted by atomic mass is 10.3. The van der Waals surface area contributed by atoms with Gasteiger partial charge in [0.1, 0.15) is 12.5 Å². The molecular weight excluding hydrogens is 192 g/mol. The highest BCUT2D eigenvalue weighted by Crippen LogP contribution is 2.22. The average Bonchev–Trinajstić information content (AvgIpc) is 2.15. The second-order valence-electron chi connectivity index (χ2n) is 2.30. The zero-order valence-corrected chi connectivity index (χ0v) is 8.08. The van der Waals surface area contributed by atoms with Gasteiger partial charge in [-0.25, -0.2) is 0 Å². The third-order valence-corrected chi connectivity index (χ3v) is 1.65. The summed E-state index contributed by atoms with van der Waals surface area (Å²) < 4.78 is 14.8. The molecule has 0 saturated heterocycles. The molecule has 1 aromatic carbocycles. The fourth-order valence-electron chi connectivity index (χ4n) is 0.784. The molecule has 0 unspecified atom stereocenters. The first-order valence-electron chi connectivity index (χ1n) is 3.78. The summed E-state index contributed by atoms with van der Waals surface area (Å²) in [6, 6.07) is 7.22. The number of halogens is 1. The zero-order chi connectivity index (χ0) is 9.52. The van der Waals surface area contributed by atoms with Crippen molar-refractivity contribution >= 4 is 11.6 Å². The summed E-state index contributed by atoms with van der Waals surface area (Å²) in [5.74, 6) is 0.611. The van der Waals surface area contributed by atoms with Gasteiger partial charge in [0.25, 0.3) is 0 Å². The quantitative estimate of drug-likeness (QED) is 0.542. The lowest BCUT2D eigenvalue weighted by Crippen LogP contribution is -2.05. The van der Waals surface area contributed by atoms with Gasteiger partial charge >= 0.3 is 0 Å². The summed E-state index contributed by atoms with van der Waals surface area (Å²) in [4.78, 5) is 0. The lowest BCUT2D eigenvalue weighted by molar-refractivity contribution is -0.0835. The Hall–Kier alpha value is -0.770. The van der Waals surface area contributed by atoms with Gasteiger partial charge in [0.15, 0.2) is 6.79 Å². The van der Waals surface area contributed by atoms with Crippen molar-refractivity contribution in [3.63, 3.8) is 0 Å². The Kier molecular flexibility index (Phi) is 4.60. The van der Waals surface area contributed by atoms with Gasteiger partial charge in [-0.05, 0) is 12.1 Å². The van der Waals surface area contributed by atoms with E-state index in [1.807, 2.05) is 12.1 Å². The van der Waals surface area contributed by atoms with Crippen LogP contribution in [0.3, 0.4) is 0 Å². The smallest absolute Gasteiger partial charge is 0.191 e. The van der Waals surface area contributed by atoms with Crippen molar-refractivity contribution in [1.29, 1.82) is 0 Å². The first-order chi connectivity index (χ1) is 6.34. The fourth-order valence-corrected chi connectivity index (χ4v) is 0.975. The predicted octanol–water partition coefficient (Wildman–Crippen LogP) is 2.30. The van der Waals surface area contributed by atoms with Crippen molar-refractivity contribution in [2.75, 3.05) is 20.7 Å². The van der Waals surface area contributed by atoms with E-state index in [1.54, 1.807) is 19.2 Å². The molecule has 0 fully saturated rings. The van der Waals surface area contributed by atoms with Crippen LogP contribution in [0.15, 0.2) is 24.3 Å². The van der Waals surface area contributed by atoms with Crippen LogP contribution in [-0.2, 0) is 9.47 Å². The Morgan fingerprint density at radius 1 is 1.23 bits per heavy atom. The second-order valence-corrected chi connectivity index (χ2v) is 2.71. The number of hydrogen-bond acceptors (Lipinski definition) is 3. The molecular formula is C9H11ClO3. The number of benzene rings is 1. The highest BCUT2D eigenvalue weighted by Gasteiger charge is 1.97. The Balaban J connectivity index is 2.32. The molecule has 0 heterocycles. The SMILES string of the molecule is COCOCOc1ccccc1Cl. The van der Waals surface area contributed by atoms with E-state index < -0.39 is 0 Å². The molecule has 72 valence electrons. The molecule has 0 atom stereocenters. The maximum atomic E-state index is 5.83. The van der Waals surface area contributed by atoms with Crippen molar-refractivity contribution in [3.05, 3.63) is 29.3 Å². The molecule has 1 aromatic rings. The van der Waals surface area contributed by atoms with E-state index in [0.29, 0.717) is 10.8 Å². The van der Waals surface area contributed by atoms with Crippen molar-refractivity contribution in [1.82, 2.24) is 0 Å². The average molecular weight is 203 g/mol. The summed E-state index contributed by atoms with van der Waals surface area (Å²) in [6.07, 6.45) is 0. The summed E-state index contributed by atoms with van der Waals surface area (Å²) in [7, 11) is 1.55. The van der Waals surface area contributed by atoms with E-state index in [1.165, 1.54) is 0 Å². The minimum Gasteiger partial charge on any atom is -0.466 e. The maximum Gasteiger partial charge on any atom is 0.191 e. The molecule has 4 heteroatoms. The van der Waals surface area contributed by atoms with Crippen LogP contribution in [0.4, 0.5) is 0 Å². The van der Waals surface area contributed by atoms with Crippen molar-refractivity contribution < 1.29 is 14.2 Å². The highest BCUT2D eigenvalue weighted by molar-refractivity contribution is 6.32. The molecule has 0 aromatic heterocycles. The first kappa shape index (κ1) is 10.3. The summed E-state index contributed by atoms with van der Waals surface area (Å²) >= 11 is 5.83. The van der Waals surface area contributed by atoms with Crippen LogP contribution in [0.5, 0.6) is 5.75 Å². The molecule has 1 rings (SSSR count). The number of rotatable bonds is 5. The minimum atomic E-state index is 0.136. The largest absolute Gasteiger partial charge is 0.466 e. The van der Waals surface area contributed by atoms with Gasteiger partial charge in [-0.3, -0.25) is 0 Å². The maximum absolute atomic E-state index is 5.83. The Morgan fingerprint density at radius 3 is 2.69 bits per heavy atom. The third-order valence-electron chi connectivity index (χ3n) is 1.34. The molecule has 0 N–H and O–H groups in total. The molecule has 0 aliphatic carbocycles. The Bertz CT molecular complexity index is 252. The van der Waals surface area contributed by atoms with Crippen LogP contribution in [-0.4, -0.2) is 20.7 Å². The number of ether oxygens (including phenoxy) is 3. The number of hydrogen-bond donors (Lipinski definition) is 0. The molecule has 0 amide bonds. The third kappa shape index (κ3) is 3.63. The molecule has 0 aliphatic rings. The van der Waals surface area contributed by atoms with Gasteiger partial charge in [0.2, 0.25) is 0 Å². The number of methoxy groups -OCH3 is 1. The monoisotopic (exact) mass is 202 g/mol. The van der Waals surface area contributed by atoms with Gasteiger partial charge < -0.3 is 14.2 Å². The summed E-state index contributed by atoms with van der Waals surface area (Å²) in [5, 5.41) is 0.573. The standard InChI is InChI=1S/C9H11ClO3/c1-11-6-12-7-13-9-5-3-2-4-8(9)10/h2-5H,6-7H2,1H3. The molecule has 13 heavy (non-hydrogen) atoms. The van der Waals surface area contributed by atoms with Crippen LogP contribution < -0.4 is 4.74 Å². The van der Waals surface area contributed by atoms with E-state index in [9.17, 15) is 0 Å². The van der Waals surface area contributed by atoms with Crippen LogP contribution >= 0.6 is 11.6 Å². The van der Waals surface area contributed by atoms with Crippen LogP contribution in [0, 0.1) is 0 Å². The van der Waals surface area contributed by atoms with E-state index in [2.05, 4.69) is 4.74 Å². The molecule has 0 saturated carbocycles. The van der Waals surface area contributed by atoms with Gasteiger partial charge in [0, 0.05) is 7.11 Å². The molecule has 0 bridgehead atoms. The summed E-state index contributed by atoms with van der Waals surface area (Å²) in [6.45, 7) is 0.349. The van der Waals surface area contributed by atoms with E-state index in [-0.39, 0.29) is 13.6 Å². The van der Waals surface area contributed by atoms with Gasteiger partial charge in [-0.1, -0.05) is 23.7 Å². The van der Waals surface area contributed by atoms with Gasteiger partial charge in [-0.2, -0.15) is 0 Å². The van der Waals surface area contributed by atoms with E-state index in [4.69, 9.17) is 21.1 Å². The lowest BCUT2D eigenvalue weighted by Gasteiger charge is -2.07. The van der Waals surface area contributed by atoms with Crippen molar-refractivity contribution in [2.24, 2.45) is 0 Å². The Labute approximate surface area is 82.2 Å². The molecule has 0 aliphatic heterocycles.